The second kappa shape index (κ2) is 7.48. The highest BCUT2D eigenvalue weighted by atomic mass is 32.2. The Balaban J connectivity index is 4.86. The fourth-order valence-electron chi connectivity index (χ4n) is 1.15. The van der Waals surface area contributed by atoms with Gasteiger partial charge in [-0.3, -0.25) is 8.98 Å². The summed E-state index contributed by atoms with van der Waals surface area (Å²) < 4.78 is 27.0. The second-order valence-electron chi connectivity index (χ2n) is 4.81. The number of carbonyl (C=O) groups excluding carboxylic acids is 1. The molecule has 104 valence electrons. The lowest BCUT2D eigenvalue weighted by molar-refractivity contribution is -0.120. The van der Waals surface area contributed by atoms with E-state index < -0.39 is 16.2 Å². The molecule has 0 aromatic heterocycles. The van der Waals surface area contributed by atoms with Crippen LogP contribution in [0.4, 0.5) is 0 Å². The minimum absolute atomic E-state index is 0.233. The first kappa shape index (κ1) is 17.1. The van der Waals surface area contributed by atoms with Gasteiger partial charge in [0, 0.05) is 6.42 Å². The van der Waals surface area contributed by atoms with Crippen LogP contribution >= 0.6 is 0 Å². The third kappa shape index (κ3) is 9.13. The van der Waals surface area contributed by atoms with Crippen LogP contribution in [0.1, 0.15) is 34.1 Å². The molecular formula is C13H22O4S. The minimum Gasteiger partial charge on any atom is -0.292 e. The molecule has 1 unspecified atom stereocenters. The molecule has 0 N–H and O–H groups in total. The molecular weight excluding hydrogens is 252 g/mol. The molecule has 0 aliphatic carbocycles. The van der Waals surface area contributed by atoms with E-state index in [1.165, 1.54) is 6.08 Å². The predicted molar refractivity (Wildman–Crippen MR) is 72.7 cm³/mol. The van der Waals surface area contributed by atoms with Crippen LogP contribution in [0.15, 0.2) is 23.8 Å². The highest BCUT2D eigenvalue weighted by molar-refractivity contribution is 7.86. The summed E-state index contributed by atoms with van der Waals surface area (Å²) in [5.41, 5.74) is 1.01. The van der Waals surface area contributed by atoms with Crippen LogP contribution in [0.3, 0.4) is 0 Å². The Morgan fingerprint density at radius 1 is 1.28 bits per heavy atom. The monoisotopic (exact) mass is 274 g/mol. The van der Waals surface area contributed by atoms with E-state index in [4.69, 9.17) is 4.18 Å². The molecule has 0 saturated carbocycles. The van der Waals surface area contributed by atoms with E-state index in [9.17, 15) is 13.2 Å². The third-order valence-corrected chi connectivity index (χ3v) is 2.58. The van der Waals surface area contributed by atoms with Gasteiger partial charge in [-0.15, -0.1) is 0 Å². The van der Waals surface area contributed by atoms with Gasteiger partial charge in [-0.2, -0.15) is 8.42 Å². The predicted octanol–water partition coefficient (Wildman–Crippen LogP) is 2.47. The number of hydrogen-bond donors (Lipinski definition) is 0. The molecule has 0 aliphatic heterocycles. The summed E-state index contributed by atoms with van der Waals surface area (Å²) in [6.07, 6.45) is 5.14. The lowest BCUT2D eigenvalue weighted by Crippen LogP contribution is -2.25. The average molecular weight is 274 g/mol. The van der Waals surface area contributed by atoms with Crippen molar-refractivity contribution in [3.63, 3.8) is 0 Å². The zero-order valence-corrected chi connectivity index (χ0v) is 12.5. The Kier molecular flexibility index (Phi) is 7.09. The van der Waals surface area contributed by atoms with E-state index in [1.807, 2.05) is 27.7 Å². The fourth-order valence-corrected chi connectivity index (χ4v) is 1.75. The molecule has 0 aromatic rings. The maximum absolute atomic E-state index is 11.8. The molecule has 0 radical (unpaired) electrons. The van der Waals surface area contributed by atoms with Gasteiger partial charge in [0.25, 0.3) is 10.1 Å². The summed E-state index contributed by atoms with van der Waals surface area (Å²) in [4.78, 5) is 11.8. The van der Waals surface area contributed by atoms with Crippen LogP contribution < -0.4 is 0 Å². The summed E-state index contributed by atoms with van der Waals surface area (Å²) in [5.74, 6) is -0.0945. The molecule has 18 heavy (non-hydrogen) atoms. The summed E-state index contributed by atoms with van der Waals surface area (Å²) in [6.45, 7) is 7.64. The van der Waals surface area contributed by atoms with E-state index in [1.54, 1.807) is 12.2 Å². The molecule has 0 fully saturated rings. The Morgan fingerprint density at radius 3 is 2.22 bits per heavy atom. The number of ketones is 1. The van der Waals surface area contributed by atoms with Gasteiger partial charge in [0.1, 0.15) is 6.10 Å². The molecule has 0 rings (SSSR count). The SMILES string of the molecule is CC(C)=CCC(OS(C)(=O)=O)C(=O)/C=C/C(C)C. The Hall–Kier alpha value is -0.940. The summed E-state index contributed by atoms with van der Waals surface area (Å²) >= 11 is 0. The van der Waals surface area contributed by atoms with Crippen LogP contribution in [0.5, 0.6) is 0 Å². The second-order valence-corrected chi connectivity index (χ2v) is 6.41. The third-order valence-electron chi connectivity index (χ3n) is 1.99. The molecule has 0 spiro atoms. The Morgan fingerprint density at radius 2 is 1.83 bits per heavy atom. The van der Waals surface area contributed by atoms with Crippen molar-refractivity contribution < 1.29 is 17.4 Å². The number of hydrogen-bond acceptors (Lipinski definition) is 4. The van der Waals surface area contributed by atoms with Gasteiger partial charge in [0.05, 0.1) is 6.26 Å². The molecule has 0 bridgehead atoms. The van der Waals surface area contributed by atoms with Crippen molar-refractivity contribution >= 4 is 15.9 Å². The molecule has 4 nitrogen and oxygen atoms in total. The first-order chi connectivity index (χ1) is 8.11. The summed E-state index contributed by atoms with van der Waals surface area (Å²) in [5, 5.41) is 0. The maximum Gasteiger partial charge on any atom is 0.265 e. The van der Waals surface area contributed by atoms with Crippen molar-refractivity contribution in [3.05, 3.63) is 23.8 Å². The van der Waals surface area contributed by atoms with Crippen molar-refractivity contribution in [2.24, 2.45) is 5.92 Å². The number of rotatable bonds is 7. The van der Waals surface area contributed by atoms with Crippen molar-refractivity contribution in [1.82, 2.24) is 0 Å². The van der Waals surface area contributed by atoms with Gasteiger partial charge in [0.15, 0.2) is 5.78 Å². The standard InChI is InChI=1S/C13H22O4S/c1-10(2)6-8-12(14)13(9-7-11(3)4)17-18(5,15)16/h6-8,10,13H,9H2,1-5H3/b8-6+. The first-order valence-electron chi connectivity index (χ1n) is 5.85. The van der Waals surface area contributed by atoms with Gasteiger partial charge < -0.3 is 0 Å². The Bertz CT molecular complexity index is 426. The van der Waals surface area contributed by atoms with Crippen molar-refractivity contribution in [2.45, 2.75) is 40.2 Å². The lowest BCUT2D eigenvalue weighted by Gasteiger charge is -2.11. The van der Waals surface area contributed by atoms with Crippen LogP contribution in [-0.2, 0) is 19.1 Å². The molecule has 0 aliphatic rings. The molecule has 5 heteroatoms. The average Bonchev–Trinajstić information content (AvgIpc) is 2.18. The van der Waals surface area contributed by atoms with Crippen LogP contribution in [0, 0.1) is 5.92 Å². The van der Waals surface area contributed by atoms with E-state index in [0.717, 1.165) is 11.8 Å². The van der Waals surface area contributed by atoms with Crippen molar-refractivity contribution in [3.8, 4) is 0 Å². The van der Waals surface area contributed by atoms with Gasteiger partial charge >= 0.3 is 0 Å². The van der Waals surface area contributed by atoms with E-state index in [2.05, 4.69) is 0 Å². The number of carbonyl (C=O) groups is 1. The smallest absolute Gasteiger partial charge is 0.265 e. The van der Waals surface area contributed by atoms with Crippen LogP contribution in [-0.4, -0.2) is 26.6 Å². The van der Waals surface area contributed by atoms with Crippen molar-refractivity contribution in [2.75, 3.05) is 6.26 Å². The first-order valence-corrected chi connectivity index (χ1v) is 7.67. The molecule has 0 saturated heterocycles. The van der Waals surface area contributed by atoms with Crippen LogP contribution in [0.2, 0.25) is 0 Å². The fraction of sp³-hybridized carbons (Fsp3) is 0.615. The quantitative estimate of drug-likeness (QED) is 0.406. The van der Waals surface area contributed by atoms with Gasteiger partial charge in [-0.25, -0.2) is 0 Å². The molecule has 0 heterocycles. The molecule has 0 amide bonds. The van der Waals surface area contributed by atoms with Crippen molar-refractivity contribution in [1.29, 1.82) is 0 Å². The van der Waals surface area contributed by atoms with Crippen LogP contribution in [0.25, 0.3) is 0 Å². The lowest BCUT2D eigenvalue weighted by atomic mass is 10.1. The van der Waals surface area contributed by atoms with Gasteiger partial charge in [-0.05, 0) is 25.8 Å². The zero-order valence-electron chi connectivity index (χ0n) is 11.6. The highest BCUT2D eigenvalue weighted by Gasteiger charge is 2.20. The van der Waals surface area contributed by atoms with E-state index in [0.29, 0.717) is 0 Å². The van der Waals surface area contributed by atoms with Gasteiger partial charge in [0.2, 0.25) is 0 Å². The number of allylic oxidation sites excluding steroid dienone is 2. The highest BCUT2D eigenvalue weighted by Crippen LogP contribution is 2.09. The minimum atomic E-state index is -3.64. The van der Waals surface area contributed by atoms with Gasteiger partial charge in [-0.1, -0.05) is 31.6 Å². The molecule has 1 atom stereocenters. The van der Waals surface area contributed by atoms with E-state index in [-0.39, 0.29) is 18.1 Å². The largest absolute Gasteiger partial charge is 0.292 e. The van der Waals surface area contributed by atoms with E-state index >= 15 is 0 Å². The zero-order chi connectivity index (χ0) is 14.3. The maximum atomic E-state index is 11.8. The molecule has 0 aromatic carbocycles. The summed E-state index contributed by atoms with van der Waals surface area (Å²) in [6, 6.07) is 0. The normalized spacial score (nSPS) is 13.9. The summed E-state index contributed by atoms with van der Waals surface area (Å²) in [7, 11) is -3.64. The topological polar surface area (TPSA) is 60.4 Å². The Labute approximate surface area is 110 Å².